The lowest BCUT2D eigenvalue weighted by Gasteiger charge is -2.33. The van der Waals surface area contributed by atoms with Crippen LogP contribution < -0.4 is 19.1 Å². The van der Waals surface area contributed by atoms with Gasteiger partial charge in [0.05, 0.1) is 24.2 Å². The number of rotatable bonds is 7. The van der Waals surface area contributed by atoms with Crippen molar-refractivity contribution in [3.05, 3.63) is 71.8 Å². The van der Waals surface area contributed by atoms with Gasteiger partial charge in [-0.05, 0) is 49.2 Å². The second-order valence-corrected chi connectivity index (χ2v) is 9.69. The van der Waals surface area contributed by atoms with E-state index in [0.717, 1.165) is 16.7 Å². The molecule has 0 aliphatic carbocycles. The first-order valence-corrected chi connectivity index (χ1v) is 12.0. The summed E-state index contributed by atoms with van der Waals surface area (Å²) in [5, 5.41) is 2.75. The predicted molar refractivity (Wildman–Crippen MR) is 127 cm³/mol. The number of anilines is 1. The second kappa shape index (κ2) is 9.15. The van der Waals surface area contributed by atoms with Crippen molar-refractivity contribution in [2.45, 2.75) is 18.7 Å². The van der Waals surface area contributed by atoms with Crippen LogP contribution in [0.2, 0.25) is 0 Å². The highest BCUT2D eigenvalue weighted by molar-refractivity contribution is 7.93. The third kappa shape index (κ3) is 4.52. The molecular formula is C25H26N2O5S. The third-order valence-corrected chi connectivity index (χ3v) is 7.29. The molecule has 0 saturated heterocycles. The summed E-state index contributed by atoms with van der Waals surface area (Å²) in [5.74, 6) is 0.896. The fourth-order valence-electron chi connectivity index (χ4n) is 4.05. The Balaban J connectivity index is 1.50. The van der Waals surface area contributed by atoms with Crippen molar-refractivity contribution < 1.29 is 22.7 Å². The predicted octanol–water partition coefficient (Wildman–Crippen LogP) is 3.68. The van der Waals surface area contributed by atoms with Crippen molar-refractivity contribution in [1.82, 2.24) is 5.32 Å². The number of nitrogens with one attached hydrogen (secondary N) is 1. The van der Waals surface area contributed by atoms with E-state index < -0.39 is 15.9 Å². The van der Waals surface area contributed by atoms with Crippen LogP contribution in [0, 0.1) is 13.8 Å². The van der Waals surface area contributed by atoms with Gasteiger partial charge in [0.2, 0.25) is 5.91 Å². The molecule has 1 N–H and O–H groups in total. The summed E-state index contributed by atoms with van der Waals surface area (Å²) < 4.78 is 38.8. The number of carbonyl (C=O) groups excluding carboxylic acids is 1. The number of hydrogen-bond donors (Lipinski definition) is 1. The first-order valence-electron chi connectivity index (χ1n) is 10.6. The van der Waals surface area contributed by atoms with Gasteiger partial charge in [-0.1, -0.05) is 30.3 Å². The van der Waals surface area contributed by atoms with Gasteiger partial charge >= 0.3 is 0 Å². The number of hydrogen-bond acceptors (Lipinski definition) is 5. The molecular weight excluding hydrogens is 440 g/mol. The normalized spacial score (nSPS) is 13.6. The molecule has 172 valence electrons. The molecule has 8 heteroatoms. The summed E-state index contributed by atoms with van der Waals surface area (Å²) >= 11 is 0. The number of methoxy groups -OCH3 is 1. The van der Waals surface area contributed by atoms with Crippen molar-refractivity contribution in [3.63, 3.8) is 0 Å². The van der Waals surface area contributed by atoms with Crippen molar-refractivity contribution in [1.29, 1.82) is 0 Å². The third-order valence-electron chi connectivity index (χ3n) is 5.47. The standard InChI is InChI=1S/C25H26N2O5S/c1-17-13-18(2)25-21-9-4-5-10-23(21)33(29,30)27(22(25)14-17)16-24(28)26-11-12-32-20-8-6-7-19(15-20)31-3/h4-10,13-15H,11-12,16H2,1-3H3,(H,26,28). The Kier molecular flexibility index (Phi) is 6.29. The molecule has 3 aromatic carbocycles. The molecule has 33 heavy (non-hydrogen) atoms. The molecule has 3 aromatic rings. The van der Waals surface area contributed by atoms with Gasteiger partial charge in [0.25, 0.3) is 10.0 Å². The summed E-state index contributed by atoms with van der Waals surface area (Å²) in [6.45, 7) is 4.03. The Morgan fingerprint density at radius 2 is 1.76 bits per heavy atom. The molecule has 0 unspecified atom stereocenters. The monoisotopic (exact) mass is 466 g/mol. The summed E-state index contributed by atoms with van der Waals surface area (Å²) in [7, 11) is -2.30. The largest absolute Gasteiger partial charge is 0.497 e. The Labute approximate surface area is 194 Å². The molecule has 1 aliphatic rings. The first-order chi connectivity index (χ1) is 15.8. The van der Waals surface area contributed by atoms with E-state index in [-0.39, 0.29) is 24.6 Å². The highest BCUT2D eigenvalue weighted by Crippen LogP contribution is 2.45. The fraction of sp³-hybridized carbons (Fsp3) is 0.240. The van der Waals surface area contributed by atoms with Crippen LogP contribution in [0.5, 0.6) is 11.5 Å². The van der Waals surface area contributed by atoms with Crippen LogP contribution in [0.15, 0.2) is 65.6 Å². The Hall–Kier alpha value is -3.52. The number of aryl methyl sites for hydroxylation is 2. The average molecular weight is 467 g/mol. The highest BCUT2D eigenvalue weighted by Gasteiger charge is 2.36. The quantitative estimate of drug-likeness (QED) is 0.537. The van der Waals surface area contributed by atoms with Crippen molar-refractivity contribution in [3.8, 4) is 22.6 Å². The number of nitrogens with zero attached hydrogens (tertiary/aromatic N) is 1. The minimum Gasteiger partial charge on any atom is -0.497 e. The van der Waals surface area contributed by atoms with E-state index in [4.69, 9.17) is 9.47 Å². The van der Waals surface area contributed by atoms with E-state index in [1.54, 1.807) is 37.4 Å². The molecule has 0 aromatic heterocycles. The molecule has 4 rings (SSSR count). The van der Waals surface area contributed by atoms with Crippen LogP contribution in [0.3, 0.4) is 0 Å². The van der Waals surface area contributed by atoms with Gasteiger partial charge in [-0.3, -0.25) is 9.10 Å². The molecule has 0 saturated carbocycles. The van der Waals surface area contributed by atoms with Crippen LogP contribution >= 0.6 is 0 Å². The van der Waals surface area contributed by atoms with Gasteiger partial charge in [-0.2, -0.15) is 0 Å². The number of amides is 1. The maximum absolute atomic E-state index is 13.4. The molecule has 1 amide bonds. The van der Waals surface area contributed by atoms with Crippen LogP contribution in [0.25, 0.3) is 11.1 Å². The topological polar surface area (TPSA) is 84.9 Å². The molecule has 0 radical (unpaired) electrons. The molecule has 0 fully saturated rings. The maximum atomic E-state index is 13.4. The van der Waals surface area contributed by atoms with E-state index in [0.29, 0.717) is 22.7 Å². The molecule has 0 spiro atoms. The van der Waals surface area contributed by atoms with Crippen molar-refractivity contribution >= 4 is 21.6 Å². The first kappa shape index (κ1) is 22.7. The Morgan fingerprint density at radius 3 is 2.55 bits per heavy atom. The second-order valence-electron chi connectivity index (χ2n) is 7.86. The molecule has 1 aliphatic heterocycles. The fourth-order valence-corrected chi connectivity index (χ4v) is 5.67. The molecule has 0 bridgehead atoms. The van der Waals surface area contributed by atoms with Gasteiger partial charge in [0.1, 0.15) is 24.7 Å². The SMILES string of the molecule is COc1cccc(OCCNC(=O)CN2c3cc(C)cc(C)c3-c3ccccc3S2(=O)=O)c1. The van der Waals surface area contributed by atoms with Crippen LogP contribution in [-0.2, 0) is 14.8 Å². The highest BCUT2D eigenvalue weighted by atomic mass is 32.2. The zero-order valence-corrected chi connectivity index (χ0v) is 19.6. The van der Waals surface area contributed by atoms with E-state index in [1.807, 2.05) is 44.2 Å². The van der Waals surface area contributed by atoms with Crippen LogP contribution in [0.4, 0.5) is 5.69 Å². The van der Waals surface area contributed by atoms with Crippen LogP contribution in [-0.4, -0.2) is 41.1 Å². The molecule has 1 heterocycles. The Morgan fingerprint density at radius 1 is 1.00 bits per heavy atom. The van der Waals surface area contributed by atoms with E-state index in [1.165, 1.54) is 4.31 Å². The van der Waals surface area contributed by atoms with Gasteiger partial charge < -0.3 is 14.8 Å². The van der Waals surface area contributed by atoms with Crippen molar-refractivity contribution in [2.75, 3.05) is 31.1 Å². The zero-order chi connectivity index (χ0) is 23.6. The minimum absolute atomic E-state index is 0.207. The molecule has 7 nitrogen and oxygen atoms in total. The number of fused-ring (bicyclic) bond motifs is 3. The van der Waals surface area contributed by atoms with Crippen LogP contribution in [0.1, 0.15) is 11.1 Å². The number of carbonyl (C=O) groups is 1. The minimum atomic E-state index is -3.88. The maximum Gasteiger partial charge on any atom is 0.265 e. The summed E-state index contributed by atoms with van der Waals surface area (Å²) in [4.78, 5) is 12.9. The molecule has 0 atom stereocenters. The van der Waals surface area contributed by atoms with Gasteiger partial charge in [-0.15, -0.1) is 0 Å². The lowest BCUT2D eigenvalue weighted by Crippen LogP contribution is -2.43. The summed E-state index contributed by atoms with van der Waals surface area (Å²) in [6, 6.07) is 17.9. The Bertz CT molecular complexity index is 1300. The summed E-state index contributed by atoms with van der Waals surface area (Å²) in [6.07, 6.45) is 0. The van der Waals surface area contributed by atoms with Gasteiger partial charge in [0, 0.05) is 17.2 Å². The van der Waals surface area contributed by atoms with Gasteiger partial charge in [-0.25, -0.2) is 8.42 Å². The van der Waals surface area contributed by atoms with E-state index >= 15 is 0 Å². The smallest absolute Gasteiger partial charge is 0.265 e. The lowest BCUT2D eigenvalue weighted by atomic mass is 9.96. The summed E-state index contributed by atoms with van der Waals surface area (Å²) in [5.41, 5.74) is 3.91. The number of ether oxygens (including phenoxy) is 2. The van der Waals surface area contributed by atoms with Crippen molar-refractivity contribution in [2.24, 2.45) is 0 Å². The average Bonchev–Trinajstić information content (AvgIpc) is 2.79. The van der Waals surface area contributed by atoms with E-state index in [9.17, 15) is 13.2 Å². The number of sulfonamides is 1. The zero-order valence-electron chi connectivity index (χ0n) is 18.8. The van der Waals surface area contributed by atoms with Gasteiger partial charge in [0.15, 0.2) is 0 Å². The number of benzene rings is 3. The van der Waals surface area contributed by atoms with E-state index in [2.05, 4.69) is 5.32 Å². The lowest BCUT2D eigenvalue weighted by molar-refractivity contribution is -0.119.